The van der Waals surface area contributed by atoms with Gasteiger partial charge < -0.3 is 10.4 Å². The third-order valence-electron chi connectivity index (χ3n) is 3.64. The molecule has 1 aromatic rings. The smallest absolute Gasteiger partial charge is 0.311 e. The fraction of sp³-hybridized carbons (Fsp3) is 0.333. The Morgan fingerprint density at radius 3 is 2.70 bits per heavy atom. The highest BCUT2D eigenvalue weighted by Gasteiger charge is 2.44. The van der Waals surface area contributed by atoms with Crippen LogP contribution >= 0.6 is 11.6 Å². The first-order valence-corrected chi connectivity index (χ1v) is 6.85. The van der Waals surface area contributed by atoms with Crippen molar-refractivity contribution in [2.45, 2.75) is 19.3 Å². The molecule has 5 heteroatoms. The Balaban J connectivity index is 1.88. The van der Waals surface area contributed by atoms with E-state index < -0.39 is 11.4 Å². The number of carbonyl (C=O) groups is 2. The summed E-state index contributed by atoms with van der Waals surface area (Å²) < 4.78 is 0. The first kappa shape index (κ1) is 14.6. The van der Waals surface area contributed by atoms with Crippen LogP contribution in [0.2, 0.25) is 5.02 Å². The van der Waals surface area contributed by atoms with E-state index in [1.54, 1.807) is 24.3 Å². The minimum atomic E-state index is -0.831. The van der Waals surface area contributed by atoms with E-state index in [2.05, 4.69) is 5.32 Å². The van der Waals surface area contributed by atoms with Gasteiger partial charge in [-0.15, -0.1) is 0 Å². The van der Waals surface area contributed by atoms with Crippen LogP contribution in [0.1, 0.15) is 24.8 Å². The van der Waals surface area contributed by atoms with Gasteiger partial charge in [-0.3, -0.25) is 9.59 Å². The molecule has 1 aliphatic rings. The Hall–Kier alpha value is -1.81. The number of aliphatic carboxylic acids is 1. The summed E-state index contributed by atoms with van der Waals surface area (Å²) in [6.07, 6.45) is 5.19. The number of hydrogen-bond donors (Lipinski definition) is 2. The molecule has 0 atom stereocenters. The van der Waals surface area contributed by atoms with Crippen LogP contribution in [0.15, 0.2) is 30.3 Å². The molecule has 0 spiro atoms. The van der Waals surface area contributed by atoms with Crippen molar-refractivity contribution in [2.24, 2.45) is 5.41 Å². The van der Waals surface area contributed by atoms with Crippen LogP contribution in [-0.2, 0) is 9.59 Å². The van der Waals surface area contributed by atoms with Gasteiger partial charge in [0.15, 0.2) is 0 Å². The first-order chi connectivity index (χ1) is 9.52. The lowest BCUT2D eigenvalue weighted by Crippen LogP contribution is -2.47. The SMILES string of the molecule is O=C(/C=C/c1cccc(Cl)c1)NCC1(C(=O)O)CCC1. The van der Waals surface area contributed by atoms with Crippen molar-refractivity contribution in [3.63, 3.8) is 0 Å². The van der Waals surface area contributed by atoms with Crippen LogP contribution < -0.4 is 5.32 Å². The third-order valence-corrected chi connectivity index (χ3v) is 3.88. The molecular formula is C15H16ClNO3. The summed E-state index contributed by atoms with van der Waals surface area (Å²) in [5.41, 5.74) is 0.0590. The average Bonchev–Trinajstić information content (AvgIpc) is 2.34. The molecule has 0 radical (unpaired) electrons. The Kier molecular flexibility index (Phi) is 4.45. The molecule has 0 aromatic heterocycles. The number of benzene rings is 1. The maximum Gasteiger partial charge on any atom is 0.311 e. The number of amides is 1. The lowest BCUT2D eigenvalue weighted by atomic mass is 9.69. The molecule has 0 saturated heterocycles. The van der Waals surface area contributed by atoms with Crippen molar-refractivity contribution in [3.05, 3.63) is 40.9 Å². The number of carboxylic acids is 1. The minimum Gasteiger partial charge on any atom is -0.481 e. The lowest BCUT2D eigenvalue weighted by Gasteiger charge is -2.37. The second-order valence-corrected chi connectivity index (χ2v) is 5.48. The molecule has 20 heavy (non-hydrogen) atoms. The van der Waals surface area contributed by atoms with E-state index in [0.717, 1.165) is 12.0 Å². The molecule has 1 saturated carbocycles. The van der Waals surface area contributed by atoms with Gasteiger partial charge in [0.05, 0.1) is 5.41 Å². The van der Waals surface area contributed by atoms with Gasteiger partial charge in [0, 0.05) is 17.6 Å². The molecule has 1 amide bonds. The summed E-state index contributed by atoms with van der Waals surface area (Å²) in [5.74, 6) is -1.12. The van der Waals surface area contributed by atoms with E-state index in [1.807, 2.05) is 6.07 Å². The van der Waals surface area contributed by atoms with Crippen molar-refractivity contribution in [1.29, 1.82) is 0 Å². The summed E-state index contributed by atoms with van der Waals surface area (Å²) in [6, 6.07) is 7.14. The highest BCUT2D eigenvalue weighted by molar-refractivity contribution is 6.30. The Bertz CT molecular complexity index is 550. The van der Waals surface area contributed by atoms with E-state index in [4.69, 9.17) is 16.7 Å². The van der Waals surface area contributed by atoms with Crippen LogP contribution in [0, 0.1) is 5.41 Å². The predicted molar refractivity (Wildman–Crippen MR) is 77.4 cm³/mol. The summed E-state index contributed by atoms with van der Waals surface area (Å²) >= 11 is 5.84. The Labute approximate surface area is 122 Å². The maximum atomic E-state index is 11.7. The van der Waals surface area contributed by atoms with Gasteiger partial charge in [0.25, 0.3) is 0 Å². The van der Waals surface area contributed by atoms with Crippen molar-refractivity contribution < 1.29 is 14.7 Å². The third kappa shape index (κ3) is 3.39. The first-order valence-electron chi connectivity index (χ1n) is 6.47. The Morgan fingerprint density at radius 1 is 1.40 bits per heavy atom. The standard InChI is InChI=1S/C15H16ClNO3/c16-12-4-1-3-11(9-12)5-6-13(18)17-10-15(14(19)20)7-2-8-15/h1,3-6,9H,2,7-8,10H2,(H,17,18)(H,19,20)/b6-5+. The van der Waals surface area contributed by atoms with E-state index in [1.165, 1.54) is 6.08 Å². The van der Waals surface area contributed by atoms with Crippen molar-refractivity contribution in [1.82, 2.24) is 5.32 Å². The molecule has 0 heterocycles. The summed E-state index contributed by atoms with van der Waals surface area (Å²) in [4.78, 5) is 22.8. The second kappa shape index (κ2) is 6.09. The molecule has 1 aromatic carbocycles. The molecule has 2 N–H and O–H groups in total. The minimum absolute atomic E-state index is 0.182. The molecule has 0 aliphatic heterocycles. The monoisotopic (exact) mass is 293 g/mol. The quantitative estimate of drug-likeness (QED) is 0.820. The van der Waals surface area contributed by atoms with Crippen molar-refractivity contribution in [3.8, 4) is 0 Å². The number of hydrogen-bond acceptors (Lipinski definition) is 2. The second-order valence-electron chi connectivity index (χ2n) is 5.05. The zero-order valence-corrected chi connectivity index (χ0v) is 11.7. The number of carboxylic acid groups (broad SMARTS) is 1. The topological polar surface area (TPSA) is 66.4 Å². The molecule has 0 unspecified atom stereocenters. The highest BCUT2D eigenvalue weighted by Crippen LogP contribution is 2.40. The van der Waals surface area contributed by atoms with Gasteiger partial charge in [-0.2, -0.15) is 0 Å². The van der Waals surface area contributed by atoms with Gasteiger partial charge >= 0.3 is 5.97 Å². The zero-order valence-electron chi connectivity index (χ0n) is 10.9. The Morgan fingerprint density at radius 2 is 2.15 bits per heavy atom. The summed E-state index contributed by atoms with van der Waals surface area (Å²) in [5, 5.41) is 12.4. The van der Waals surface area contributed by atoms with Crippen molar-refractivity contribution >= 4 is 29.6 Å². The van der Waals surface area contributed by atoms with E-state index in [0.29, 0.717) is 17.9 Å². The van der Waals surface area contributed by atoms with Crippen LogP contribution in [0.25, 0.3) is 6.08 Å². The van der Waals surface area contributed by atoms with E-state index in [9.17, 15) is 9.59 Å². The van der Waals surface area contributed by atoms with Crippen molar-refractivity contribution in [2.75, 3.05) is 6.54 Å². The molecule has 4 nitrogen and oxygen atoms in total. The van der Waals surface area contributed by atoms with Gasteiger partial charge in [-0.05, 0) is 36.6 Å². The largest absolute Gasteiger partial charge is 0.481 e. The van der Waals surface area contributed by atoms with Crippen LogP contribution in [0.4, 0.5) is 0 Å². The molecule has 1 aliphatic carbocycles. The molecular weight excluding hydrogens is 278 g/mol. The normalized spacial score (nSPS) is 16.6. The number of rotatable bonds is 5. The highest BCUT2D eigenvalue weighted by atomic mass is 35.5. The van der Waals surface area contributed by atoms with E-state index in [-0.39, 0.29) is 12.5 Å². The van der Waals surface area contributed by atoms with Gasteiger partial charge in [-0.25, -0.2) is 0 Å². The van der Waals surface area contributed by atoms with Crippen LogP contribution in [0.5, 0.6) is 0 Å². The summed E-state index contributed by atoms with van der Waals surface area (Å²) in [6.45, 7) is 0.182. The predicted octanol–water partition coefficient (Wildman–Crippen LogP) is 2.72. The van der Waals surface area contributed by atoms with Gasteiger partial charge in [-0.1, -0.05) is 30.2 Å². The molecule has 0 bridgehead atoms. The lowest BCUT2D eigenvalue weighted by molar-refractivity contribution is -0.154. The fourth-order valence-corrected chi connectivity index (χ4v) is 2.37. The average molecular weight is 294 g/mol. The maximum absolute atomic E-state index is 11.7. The zero-order chi connectivity index (χ0) is 14.6. The molecule has 1 fully saturated rings. The summed E-state index contributed by atoms with van der Waals surface area (Å²) in [7, 11) is 0. The van der Waals surface area contributed by atoms with Crippen LogP contribution in [0.3, 0.4) is 0 Å². The number of halogens is 1. The van der Waals surface area contributed by atoms with Gasteiger partial charge in [0.2, 0.25) is 5.91 Å². The fourth-order valence-electron chi connectivity index (χ4n) is 2.17. The molecule has 106 valence electrons. The van der Waals surface area contributed by atoms with Gasteiger partial charge in [0.1, 0.15) is 0 Å². The van der Waals surface area contributed by atoms with E-state index >= 15 is 0 Å². The number of carbonyl (C=O) groups excluding carboxylic acids is 1. The molecule has 2 rings (SSSR count). The van der Waals surface area contributed by atoms with Crippen LogP contribution in [-0.4, -0.2) is 23.5 Å². The number of nitrogens with one attached hydrogen (secondary N) is 1.